The van der Waals surface area contributed by atoms with Gasteiger partial charge in [-0.25, -0.2) is 0 Å². The SMILES string of the molecule is CCCNc1[c][nH]cc1. The van der Waals surface area contributed by atoms with E-state index in [0.717, 1.165) is 18.7 Å². The fourth-order valence-electron chi connectivity index (χ4n) is 0.649. The molecule has 0 saturated heterocycles. The van der Waals surface area contributed by atoms with Gasteiger partial charge in [-0.1, -0.05) is 6.92 Å². The molecule has 2 heteroatoms. The quantitative estimate of drug-likeness (QED) is 0.628. The number of nitrogens with one attached hydrogen (secondary N) is 2. The fraction of sp³-hybridized carbons (Fsp3) is 0.429. The van der Waals surface area contributed by atoms with Crippen LogP contribution < -0.4 is 5.32 Å². The highest BCUT2D eigenvalue weighted by Crippen LogP contribution is 2.01. The Balaban J connectivity index is 2.30. The molecule has 0 saturated carbocycles. The van der Waals surface area contributed by atoms with Crippen molar-refractivity contribution in [3.63, 3.8) is 0 Å². The maximum atomic E-state index is 3.19. The molecular formula is C7H11N2. The molecule has 0 atom stereocenters. The Morgan fingerprint density at radius 3 is 3.22 bits per heavy atom. The molecule has 0 unspecified atom stereocenters. The maximum Gasteiger partial charge on any atom is 0.0876 e. The molecular weight excluding hydrogens is 112 g/mol. The van der Waals surface area contributed by atoms with E-state index >= 15 is 0 Å². The van der Waals surface area contributed by atoms with Crippen molar-refractivity contribution < 1.29 is 0 Å². The molecule has 0 bridgehead atoms. The van der Waals surface area contributed by atoms with Gasteiger partial charge in [0, 0.05) is 12.7 Å². The van der Waals surface area contributed by atoms with Crippen LogP contribution in [0.5, 0.6) is 0 Å². The highest BCUT2D eigenvalue weighted by molar-refractivity contribution is 5.38. The van der Waals surface area contributed by atoms with Crippen LogP contribution in [0.25, 0.3) is 0 Å². The van der Waals surface area contributed by atoms with E-state index in [-0.39, 0.29) is 0 Å². The van der Waals surface area contributed by atoms with Gasteiger partial charge >= 0.3 is 0 Å². The van der Waals surface area contributed by atoms with E-state index in [9.17, 15) is 0 Å². The van der Waals surface area contributed by atoms with Crippen LogP contribution in [-0.4, -0.2) is 11.5 Å². The van der Waals surface area contributed by atoms with Crippen LogP contribution in [0.15, 0.2) is 12.3 Å². The summed E-state index contributed by atoms with van der Waals surface area (Å²) in [5, 5.41) is 3.19. The summed E-state index contributed by atoms with van der Waals surface area (Å²) in [4.78, 5) is 2.85. The van der Waals surface area contributed by atoms with Gasteiger partial charge < -0.3 is 10.3 Å². The van der Waals surface area contributed by atoms with Crippen LogP contribution >= 0.6 is 0 Å². The number of H-pyrrole nitrogens is 1. The highest BCUT2D eigenvalue weighted by Gasteiger charge is 1.86. The van der Waals surface area contributed by atoms with Crippen molar-refractivity contribution in [3.05, 3.63) is 18.5 Å². The van der Waals surface area contributed by atoms with Gasteiger partial charge in [0.05, 0.1) is 11.9 Å². The van der Waals surface area contributed by atoms with E-state index in [0.29, 0.717) is 0 Å². The fourth-order valence-corrected chi connectivity index (χ4v) is 0.649. The average Bonchev–Trinajstić information content (AvgIpc) is 2.34. The standard InChI is InChI=1S/C7H11N2/c1-2-4-9-7-3-5-8-6-7/h3,5,8-9H,2,4H2,1H3. The molecule has 2 N–H and O–H groups in total. The van der Waals surface area contributed by atoms with Crippen LogP contribution in [0.3, 0.4) is 0 Å². The molecule has 0 spiro atoms. The van der Waals surface area contributed by atoms with Gasteiger partial charge in [0.15, 0.2) is 0 Å². The highest BCUT2D eigenvalue weighted by atomic mass is 14.9. The number of aromatic nitrogens is 1. The summed E-state index contributed by atoms with van der Waals surface area (Å²) in [5.41, 5.74) is 1.05. The first-order valence-electron chi connectivity index (χ1n) is 3.22. The Morgan fingerprint density at radius 2 is 2.67 bits per heavy atom. The van der Waals surface area contributed by atoms with Gasteiger partial charge in [0.2, 0.25) is 0 Å². The van der Waals surface area contributed by atoms with Gasteiger partial charge in [0.1, 0.15) is 0 Å². The second-order valence-corrected chi connectivity index (χ2v) is 1.94. The third-order valence-corrected chi connectivity index (χ3v) is 1.11. The van der Waals surface area contributed by atoms with Crippen molar-refractivity contribution >= 4 is 5.69 Å². The number of aromatic amines is 1. The van der Waals surface area contributed by atoms with Crippen LogP contribution in [0, 0.1) is 6.20 Å². The first-order chi connectivity index (χ1) is 4.43. The summed E-state index contributed by atoms with van der Waals surface area (Å²) < 4.78 is 0. The second-order valence-electron chi connectivity index (χ2n) is 1.94. The maximum absolute atomic E-state index is 3.19. The topological polar surface area (TPSA) is 27.8 Å². The van der Waals surface area contributed by atoms with Crippen LogP contribution in [0.1, 0.15) is 13.3 Å². The molecule has 0 amide bonds. The third-order valence-electron chi connectivity index (χ3n) is 1.11. The van der Waals surface area contributed by atoms with Crippen molar-refractivity contribution in [3.8, 4) is 0 Å². The molecule has 1 rings (SSSR count). The molecule has 0 aliphatic carbocycles. The molecule has 0 aliphatic heterocycles. The lowest BCUT2D eigenvalue weighted by molar-refractivity contribution is 0.980. The molecule has 0 fully saturated rings. The van der Waals surface area contributed by atoms with E-state index in [1.807, 2.05) is 12.3 Å². The van der Waals surface area contributed by atoms with Gasteiger partial charge in [-0.15, -0.1) is 0 Å². The zero-order valence-corrected chi connectivity index (χ0v) is 5.57. The predicted molar refractivity (Wildman–Crippen MR) is 38.4 cm³/mol. The minimum Gasteiger partial charge on any atom is -0.383 e. The number of hydrogen-bond donors (Lipinski definition) is 2. The Hall–Kier alpha value is -0.920. The molecule has 1 aromatic rings. The number of hydrogen-bond acceptors (Lipinski definition) is 1. The molecule has 1 aromatic heterocycles. The lowest BCUT2D eigenvalue weighted by Gasteiger charge is -1.96. The number of rotatable bonds is 3. The van der Waals surface area contributed by atoms with Gasteiger partial charge in [-0.05, 0) is 12.5 Å². The lowest BCUT2D eigenvalue weighted by Crippen LogP contribution is -1.97. The zero-order valence-electron chi connectivity index (χ0n) is 5.57. The van der Waals surface area contributed by atoms with Crippen molar-refractivity contribution in [2.75, 3.05) is 11.9 Å². The molecule has 0 aliphatic rings. The lowest BCUT2D eigenvalue weighted by atomic mass is 10.4. The molecule has 49 valence electrons. The van der Waals surface area contributed by atoms with E-state index in [1.165, 1.54) is 0 Å². The Kier molecular flexibility index (Phi) is 2.19. The van der Waals surface area contributed by atoms with Gasteiger partial charge in [-0.2, -0.15) is 0 Å². The summed E-state index contributed by atoms with van der Waals surface area (Å²) in [6, 6.07) is 1.97. The first-order valence-corrected chi connectivity index (χ1v) is 3.22. The van der Waals surface area contributed by atoms with Crippen molar-refractivity contribution in [2.45, 2.75) is 13.3 Å². The average molecular weight is 123 g/mol. The molecule has 1 radical (unpaired) electrons. The van der Waals surface area contributed by atoms with Gasteiger partial charge in [0.25, 0.3) is 0 Å². The van der Waals surface area contributed by atoms with E-state index < -0.39 is 0 Å². The van der Waals surface area contributed by atoms with Crippen molar-refractivity contribution in [2.24, 2.45) is 0 Å². The first kappa shape index (κ1) is 6.20. The second kappa shape index (κ2) is 3.17. The largest absolute Gasteiger partial charge is 0.383 e. The minimum absolute atomic E-state index is 1.02. The third kappa shape index (κ3) is 1.80. The Morgan fingerprint density at radius 1 is 1.78 bits per heavy atom. The summed E-state index contributed by atoms with van der Waals surface area (Å²) in [6.07, 6.45) is 5.95. The summed E-state index contributed by atoms with van der Waals surface area (Å²) in [7, 11) is 0. The van der Waals surface area contributed by atoms with Crippen LogP contribution in [0.4, 0.5) is 5.69 Å². The van der Waals surface area contributed by atoms with E-state index in [2.05, 4.69) is 23.4 Å². The molecule has 9 heavy (non-hydrogen) atoms. The van der Waals surface area contributed by atoms with Crippen molar-refractivity contribution in [1.82, 2.24) is 4.98 Å². The Labute approximate surface area is 55.3 Å². The van der Waals surface area contributed by atoms with Crippen LogP contribution in [0.2, 0.25) is 0 Å². The van der Waals surface area contributed by atoms with Crippen molar-refractivity contribution in [1.29, 1.82) is 0 Å². The normalized spacial score (nSPS) is 9.44. The minimum atomic E-state index is 1.02. The zero-order chi connectivity index (χ0) is 6.53. The van der Waals surface area contributed by atoms with Crippen LogP contribution in [-0.2, 0) is 0 Å². The monoisotopic (exact) mass is 123 g/mol. The Bertz CT molecular complexity index is 144. The summed E-state index contributed by atoms with van der Waals surface area (Å²) in [6.45, 7) is 3.16. The molecule has 1 heterocycles. The summed E-state index contributed by atoms with van der Waals surface area (Å²) in [5.74, 6) is 0. The smallest absolute Gasteiger partial charge is 0.0876 e. The summed E-state index contributed by atoms with van der Waals surface area (Å²) >= 11 is 0. The van der Waals surface area contributed by atoms with E-state index in [1.54, 1.807) is 0 Å². The molecule has 2 nitrogen and oxygen atoms in total. The van der Waals surface area contributed by atoms with E-state index in [4.69, 9.17) is 0 Å². The number of anilines is 1. The predicted octanol–water partition coefficient (Wildman–Crippen LogP) is 1.64. The van der Waals surface area contributed by atoms with Gasteiger partial charge in [-0.3, -0.25) is 0 Å². The molecule has 0 aromatic carbocycles.